The number of rotatable bonds is 5. The molecule has 4 rings (SSSR count). The molecule has 2 aromatic rings. The number of aromatic nitrogens is 2. The second-order valence-corrected chi connectivity index (χ2v) is 8.18. The van der Waals surface area contributed by atoms with Gasteiger partial charge in [-0.25, -0.2) is 4.68 Å². The van der Waals surface area contributed by atoms with Crippen LogP contribution in [-0.2, 0) is 9.53 Å². The maximum Gasteiger partial charge on any atom is 0.245 e. The summed E-state index contributed by atoms with van der Waals surface area (Å²) in [5, 5.41) is 17.4. The van der Waals surface area contributed by atoms with Crippen molar-refractivity contribution in [2.75, 3.05) is 18.2 Å². The van der Waals surface area contributed by atoms with Gasteiger partial charge in [-0.2, -0.15) is 10.4 Å². The lowest BCUT2D eigenvalue weighted by atomic mass is 10.0. The third-order valence-electron chi connectivity index (χ3n) is 5.56. The Labute approximate surface area is 171 Å². The Bertz CT molecular complexity index is 924. The zero-order valence-corrected chi connectivity index (χ0v) is 17.0. The molecule has 1 N–H and O–H groups in total. The molecule has 0 saturated carbocycles. The number of nitriles is 1. The van der Waals surface area contributed by atoms with Crippen LogP contribution >= 0.6 is 0 Å². The number of hydrogen-bond acceptors (Lipinski definition) is 5. The van der Waals surface area contributed by atoms with Crippen molar-refractivity contribution >= 4 is 11.6 Å². The predicted octanol–water partition coefficient (Wildman–Crippen LogP) is 3.43. The summed E-state index contributed by atoms with van der Waals surface area (Å²) in [6.45, 7) is 5.40. The molecule has 1 aromatic heterocycles. The monoisotopic (exact) mass is 393 g/mol. The highest BCUT2D eigenvalue weighted by Gasteiger charge is 2.33. The Morgan fingerprint density at radius 1 is 1.34 bits per heavy atom. The summed E-state index contributed by atoms with van der Waals surface area (Å²) >= 11 is 0. The fourth-order valence-corrected chi connectivity index (χ4v) is 4.03. The van der Waals surface area contributed by atoms with Gasteiger partial charge in [-0.15, -0.1) is 0 Å². The molecule has 2 saturated heterocycles. The van der Waals surface area contributed by atoms with E-state index < -0.39 is 0 Å². The SMILES string of the molecule is CC(C)CC1NCN(c2ccc(-c3cnn(C4CCCCO4)c3)cc2C#N)C1=O. The minimum atomic E-state index is -0.185. The van der Waals surface area contributed by atoms with E-state index in [1.807, 2.05) is 29.1 Å². The van der Waals surface area contributed by atoms with Crippen molar-refractivity contribution in [3.63, 3.8) is 0 Å². The number of ether oxygens (including phenoxy) is 1. The standard InChI is InChI=1S/C22H27N5O2/c1-15(2)9-19-22(28)26(14-24-19)20-7-6-16(10-17(20)11-23)18-12-25-27(13-18)21-5-3-4-8-29-21/h6-7,10,12-13,15,19,21,24H,3-5,8-9,14H2,1-2H3. The zero-order chi connectivity index (χ0) is 20.4. The molecular weight excluding hydrogens is 366 g/mol. The number of anilines is 1. The van der Waals surface area contributed by atoms with Gasteiger partial charge in [0.25, 0.3) is 0 Å². The molecule has 0 radical (unpaired) electrons. The molecule has 2 aliphatic heterocycles. The zero-order valence-electron chi connectivity index (χ0n) is 17.0. The van der Waals surface area contributed by atoms with Crippen LogP contribution in [0.1, 0.15) is 51.3 Å². The molecule has 1 amide bonds. The minimum absolute atomic E-state index is 0.0154. The van der Waals surface area contributed by atoms with Crippen LogP contribution in [0.25, 0.3) is 11.1 Å². The van der Waals surface area contributed by atoms with Crippen LogP contribution in [0.4, 0.5) is 5.69 Å². The van der Waals surface area contributed by atoms with Gasteiger partial charge in [-0.3, -0.25) is 15.0 Å². The summed E-state index contributed by atoms with van der Waals surface area (Å²) in [6, 6.07) is 7.71. The van der Waals surface area contributed by atoms with E-state index in [9.17, 15) is 10.1 Å². The van der Waals surface area contributed by atoms with E-state index in [1.54, 1.807) is 11.1 Å². The molecule has 2 fully saturated rings. The minimum Gasteiger partial charge on any atom is -0.357 e. The van der Waals surface area contributed by atoms with E-state index >= 15 is 0 Å². The Morgan fingerprint density at radius 2 is 2.21 bits per heavy atom. The van der Waals surface area contributed by atoms with Crippen molar-refractivity contribution < 1.29 is 9.53 Å². The first-order chi connectivity index (χ1) is 14.1. The second-order valence-electron chi connectivity index (χ2n) is 8.18. The average Bonchev–Trinajstić information content (AvgIpc) is 3.36. The van der Waals surface area contributed by atoms with E-state index in [0.29, 0.717) is 23.8 Å². The first kappa shape index (κ1) is 19.6. The van der Waals surface area contributed by atoms with Crippen LogP contribution in [0.3, 0.4) is 0 Å². The number of hydrogen-bond donors (Lipinski definition) is 1. The van der Waals surface area contributed by atoms with E-state index in [2.05, 4.69) is 30.3 Å². The molecule has 2 atom stereocenters. The van der Waals surface area contributed by atoms with Crippen LogP contribution in [0.2, 0.25) is 0 Å². The molecule has 3 heterocycles. The topological polar surface area (TPSA) is 83.2 Å². The normalized spacial score (nSPS) is 22.3. The number of carbonyl (C=O) groups is 1. The van der Waals surface area contributed by atoms with Crippen molar-refractivity contribution in [2.24, 2.45) is 5.92 Å². The lowest BCUT2D eigenvalue weighted by Crippen LogP contribution is -2.31. The fourth-order valence-electron chi connectivity index (χ4n) is 4.03. The molecular formula is C22H27N5O2. The molecule has 29 heavy (non-hydrogen) atoms. The lowest BCUT2D eigenvalue weighted by molar-refractivity contribution is -0.118. The van der Waals surface area contributed by atoms with Crippen molar-refractivity contribution in [2.45, 2.75) is 51.8 Å². The fraction of sp³-hybridized carbons (Fsp3) is 0.500. The molecule has 7 nitrogen and oxygen atoms in total. The smallest absolute Gasteiger partial charge is 0.245 e. The number of nitrogens with one attached hydrogen (secondary N) is 1. The largest absolute Gasteiger partial charge is 0.357 e. The molecule has 2 unspecified atom stereocenters. The number of nitrogens with zero attached hydrogens (tertiary/aromatic N) is 4. The molecule has 0 spiro atoms. The maximum absolute atomic E-state index is 12.8. The number of carbonyl (C=O) groups excluding carboxylic acids is 1. The van der Waals surface area contributed by atoms with Crippen LogP contribution in [0.5, 0.6) is 0 Å². The molecule has 0 aliphatic carbocycles. The van der Waals surface area contributed by atoms with Crippen molar-refractivity contribution in [3.05, 3.63) is 36.2 Å². The van der Waals surface area contributed by atoms with Crippen LogP contribution in [0, 0.1) is 17.2 Å². The van der Waals surface area contributed by atoms with Crippen molar-refractivity contribution in [3.8, 4) is 17.2 Å². The van der Waals surface area contributed by atoms with Gasteiger partial charge >= 0.3 is 0 Å². The summed E-state index contributed by atoms with van der Waals surface area (Å²) < 4.78 is 7.65. The maximum atomic E-state index is 12.8. The number of amides is 1. The molecule has 2 aliphatic rings. The quantitative estimate of drug-likeness (QED) is 0.841. The van der Waals surface area contributed by atoms with Crippen molar-refractivity contribution in [1.82, 2.24) is 15.1 Å². The van der Waals surface area contributed by atoms with E-state index in [-0.39, 0.29) is 18.2 Å². The summed E-state index contributed by atoms with van der Waals surface area (Å²) in [5.41, 5.74) is 2.99. The third-order valence-corrected chi connectivity index (χ3v) is 5.56. The Kier molecular flexibility index (Phi) is 5.65. The van der Waals surface area contributed by atoms with Crippen LogP contribution < -0.4 is 10.2 Å². The molecule has 0 bridgehead atoms. The van der Waals surface area contributed by atoms with Gasteiger partial charge < -0.3 is 4.74 Å². The van der Waals surface area contributed by atoms with Gasteiger partial charge in [-0.1, -0.05) is 19.9 Å². The van der Waals surface area contributed by atoms with Crippen LogP contribution in [-0.4, -0.2) is 35.0 Å². The summed E-state index contributed by atoms with van der Waals surface area (Å²) in [7, 11) is 0. The van der Waals surface area contributed by atoms with Gasteiger partial charge in [-0.05, 0) is 49.3 Å². The molecule has 7 heteroatoms. The highest BCUT2D eigenvalue weighted by atomic mass is 16.5. The van der Waals surface area contributed by atoms with Gasteiger partial charge in [0.1, 0.15) is 12.3 Å². The van der Waals surface area contributed by atoms with Gasteiger partial charge in [0.15, 0.2) is 0 Å². The highest BCUT2D eigenvalue weighted by molar-refractivity contribution is 6.00. The average molecular weight is 393 g/mol. The predicted molar refractivity (Wildman–Crippen MR) is 110 cm³/mol. The van der Waals surface area contributed by atoms with Gasteiger partial charge in [0.05, 0.1) is 30.2 Å². The first-order valence-corrected chi connectivity index (χ1v) is 10.3. The highest BCUT2D eigenvalue weighted by Crippen LogP contribution is 2.30. The Hall–Kier alpha value is -2.69. The summed E-state index contributed by atoms with van der Waals surface area (Å²) in [6.07, 6.45) is 7.74. The van der Waals surface area contributed by atoms with E-state index in [4.69, 9.17) is 4.74 Å². The lowest BCUT2D eigenvalue weighted by Gasteiger charge is -2.22. The Balaban J connectivity index is 1.56. The summed E-state index contributed by atoms with van der Waals surface area (Å²) in [4.78, 5) is 14.4. The Morgan fingerprint density at radius 3 is 2.93 bits per heavy atom. The van der Waals surface area contributed by atoms with Crippen molar-refractivity contribution in [1.29, 1.82) is 5.26 Å². The van der Waals surface area contributed by atoms with Gasteiger partial charge in [0.2, 0.25) is 5.91 Å². The second kappa shape index (κ2) is 8.36. The van der Waals surface area contributed by atoms with Crippen LogP contribution in [0.15, 0.2) is 30.6 Å². The van der Waals surface area contributed by atoms with Gasteiger partial charge in [0, 0.05) is 18.4 Å². The van der Waals surface area contributed by atoms with E-state index in [0.717, 1.165) is 43.4 Å². The number of benzene rings is 1. The summed E-state index contributed by atoms with van der Waals surface area (Å²) in [5.74, 6) is 0.462. The molecule has 1 aromatic carbocycles. The molecule has 152 valence electrons. The first-order valence-electron chi connectivity index (χ1n) is 10.3. The van der Waals surface area contributed by atoms with E-state index in [1.165, 1.54) is 0 Å². The third kappa shape index (κ3) is 4.04.